The van der Waals surface area contributed by atoms with Gasteiger partial charge in [-0.25, -0.2) is 21.9 Å². The van der Waals surface area contributed by atoms with E-state index < -0.39 is 38.5 Å². The molecule has 0 unspecified atom stereocenters. The number of nitrogens with one attached hydrogen (secondary N) is 1. The highest BCUT2D eigenvalue weighted by molar-refractivity contribution is 7.89. The van der Waals surface area contributed by atoms with Crippen molar-refractivity contribution >= 4 is 21.4 Å². The van der Waals surface area contributed by atoms with E-state index in [4.69, 9.17) is 5.73 Å². The van der Waals surface area contributed by atoms with Gasteiger partial charge in [-0.15, -0.1) is 0 Å². The maximum absolute atomic E-state index is 11.9. The molecule has 100 valence electrons. The number of halogens is 2. The van der Waals surface area contributed by atoms with Crippen LogP contribution in [0.25, 0.3) is 0 Å². The maximum Gasteiger partial charge on any atom is 0.293 e. The van der Waals surface area contributed by atoms with Crippen LogP contribution in [0.4, 0.5) is 20.2 Å². The summed E-state index contributed by atoms with van der Waals surface area (Å²) in [5.74, 6) is 0. The minimum atomic E-state index is -4.22. The summed E-state index contributed by atoms with van der Waals surface area (Å²) in [7, 11) is -4.22. The zero-order valence-corrected chi connectivity index (χ0v) is 9.65. The van der Waals surface area contributed by atoms with Gasteiger partial charge >= 0.3 is 0 Å². The third kappa shape index (κ3) is 3.34. The Labute approximate surface area is 101 Å². The van der Waals surface area contributed by atoms with E-state index in [9.17, 15) is 27.3 Å². The van der Waals surface area contributed by atoms with Gasteiger partial charge in [0.05, 0.1) is 16.4 Å². The van der Waals surface area contributed by atoms with Gasteiger partial charge in [0.25, 0.3) is 12.1 Å². The number of hydrogen-bond acceptors (Lipinski definition) is 5. The average Bonchev–Trinajstić information content (AvgIpc) is 2.26. The van der Waals surface area contributed by atoms with Crippen molar-refractivity contribution in [2.24, 2.45) is 0 Å². The van der Waals surface area contributed by atoms with Crippen molar-refractivity contribution in [3.63, 3.8) is 0 Å². The van der Waals surface area contributed by atoms with Gasteiger partial charge in [-0.05, 0) is 12.1 Å². The molecule has 0 aliphatic carbocycles. The monoisotopic (exact) mass is 281 g/mol. The predicted molar refractivity (Wildman–Crippen MR) is 58.7 cm³/mol. The highest BCUT2D eigenvalue weighted by atomic mass is 32.2. The van der Waals surface area contributed by atoms with E-state index in [1.807, 2.05) is 0 Å². The summed E-state index contributed by atoms with van der Waals surface area (Å²) in [5.41, 5.74) is 4.46. The van der Waals surface area contributed by atoms with Crippen LogP contribution >= 0.6 is 0 Å². The molecule has 18 heavy (non-hydrogen) atoms. The molecule has 0 radical (unpaired) electrons. The van der Waals surface area contributed by atoms with E-state index >= 15 is 0 Å². The molecule has 0 atom stereocenters. The van der Waals surface area contributed by atoms with Gasteiger partial charge < -0.3 is 5.73 Å². The molecule has 0 aliphatic heterocycles. The quantitative estimate of drug-likeness (QED) is 0.468. The number of benzene rings is 1. The van der Waals surface area contributed by atoms with E-state index in [-0.39, 0.29) is 5.69 Å². The Hall–Kier alpha value is -1.81. The topological polar surface area (TPSA) is 115 Å². The second kappa shape index (κ2) is 5.23. The van der Waals surface area contributed by atoms with E-state index in [2.05, 4.69) is 0 Å². The summed E-state index contributed by atoms with van der Waals surface area (Å²) in [6.07, 6.45) is -2.86. The first kappa shape index (κ1) is 14.3. The number of rotatable bonds is 5. The highest BCUT2D eigenvalue weighted by Gasteiger charge is 2.21. The molecule has 0 fully saturated rings. The predicted octanol–water partition coefficient (Wildman–Crippen LogP) is 0.720. The van der Waals surface area contributed by atoms with Crippen LogP contribution in [-0.2, 0) is 10.0 Å². The number of sulfonamides is 1. The number of nitrogen functional groups attached to an aromatic ring is 1. The van der Waals surface area contributed by atoms with Gasteiger partial charge in [0.2, 0.25) is 10.0 Å². The molecule has 1 aromatic rings. The summed E-state index contributed by atoms with van der Waals surface area (Å²) in [5, 5.41) is 10.6. The first-order valence-electron chi connectivity index (χ1n) is 4.56. The molecule has 0 bridgehead atoms. The maximum atomic E-state index is 11.9. The van der Waals surface area contributed by atoms with Crippen molar-refractivity contribution in [2.45, 2.75) is 11.3 Å². The molecule has 0 aromatic heterocycles. The van der Waals surface area contributed by atoms with Gasteiger partial charge in [0.15, 0.2) is 0 Å². The first-order valence-corrected chi connectivity index (χ1v) is 6.04. The zero-order valence-electron chi connectivity index (χ0n) is 8.84. The lowest BCUT2D eigenvalue weighted by atomic mass is 10.3. The van der Waals surface area contributed by atoms with Crippen LogP contribution in [-0.4, -0.2) is 26.3 Å². The van der Waals surface area contributed by atoms with E-state index in [1.54, 1.807) is 4.72 Å². The molecule has 0 saturated heterocycles. The van der Waals surface area contributed by atoms with Crippen LogP contribution in [0.5, 0.6) is 0 Å². The summed E-state index contributed by atoms with van der Waals surface area (Å²) in [6.45, 7) is -1.07. The van der Waals surface area contributed by atoms with Crippen molar-refractivity contribution in [3.05, 3.63) is 28.3 Å². The van der Waals surface area contributed by atoms with E-state index in [0.717, 1.165) is 12.1 Å². The summed E-state index contributed by atoms with van der Waals surface area (Å²) in [4.78, 5) is 9.20. The standard InChI is InChI=1S/C8H9F2N3O4S/c9-8(10)4-12-18(16,17)5-1-2-6(11)7(3-5)13(14)15/h1-3,8,12H,4,11H2. The number of nitrogens with zero attached hydrogens (tertiary/aromatic N) is 1. The second-order valence-electron chi connectivity index (χ2n) is 3.22. The lowest BCUT2D eigenvalue weighted by molar-refractivity contribution is -0.384. The highest BCUT2D eigenvalue weighted by Crippen LogP contribution is 2.24. The molecule has 1 rings (SSSR count). The molecule has 3 N–H and O–H groups in total. The van der Waals surface area contributed by atoms with E-state index in [1.165, 1.54) is 0 Å². The molecule has 0 amide bonds. The SMILES string of the molecule is Nc1ccc(S(=O)(=O)NCC(F)F)cc1[N+](=O)[O-]. The summed E-state index contributed by atoms with van der Waals surface area (Å²) >= 11 is 0. The van der Waals surface area contributed by atoms with Gasteiger partial charge in [0, 0.05) is 6.07 Å². The van der Waals surface area contributed by atoms with Crippen molar-refractivity contribution < 1.29 is 22.1 Å². The Morgan fingerprint density at radius 1 is 1.44 bits per heavy atom. The van der Waals surface area contributed by atoms with Crippen molar-refractivity contribution in [2.75, 3.05) is 12.3 Å². The Balaban J connectivity index is 3.10. The minimum absolute atomic E-state index is 0.215. The third-order valence-electron chi connectivity index (χ3n) is 1.94. The van der Waals surface area contributed by atoms with Crippen LogP contribution in [0.3, 0.4) is 0 Å². The lowest BCUT2D eigenvalue weighted by Crippen LogP contribution is -2.28. The molecule has 0 heterocycles. The van der Waals surface area contributed by atoms with Gasteiger partial charge in [-0.3, -0.25) is 10.1 Å². The summed E-state index contributed by atoms with van der Waals surface area (Å²) in [6, 6.07) is 2.73. The largest absolute Gasteiger partial charge is 0.393 e. The molecule has 7 nitrogen and oxygen atoms in total. The van der Waals surface area contributed by atoms with Crippen molar-refractivity contribution in [3.8, 4) is 0 Å². The smallest absolute Gasteiger partial charge is 0.293 e. The van der Waals surface area contributed by atoms with Crippen LogP contribution in [0, 0.1) is 10.1 Å². The zero-order chi connectivity index (χ0) is 13.9. The molecule has 0 spiro atoms. The number of anilines is 1. The normalized spacial score (nSPS) is 11.7. The Bertz CT molecular complexity index is 561. The fourth-order valence-corrected chi connectivity index (χ4v) is 2.13. The van der Waals surface area contributed by atoms with E-state index in [0.29, 0.717) is 6.07 Å². The first-order chi connectivity index (χ1) is 8.24. The molecular formula is C8H9F2N3O4S. The molecule has 1 aromatic carbocycles. The number of nitrogens with two attached hydrogens (primary N) is 1. The third-order valence-corrected chi connectivity index (χ3v) is 3.36. The van der Waals surface area contributed by atoms with Crippen LogP contribution in [0.2, 0.25) is 0 Å². The molecular weight excluding hydrogens is 272 g/mol. The van der Waals surface area contributed by atoms with Gasteiger partial charge in [-0.1, -0.05) is 0 Å². The number of nitro benzene ring substituents is 1. The molecule has 10 heteroatoms. The Morgan fingerprint density at radius 3 is 2.56 bits per heavy atom. The molecule has 0 aliphatic rings. The molecule has 0 saturated carbocycles. The van der Waals surface area contributed by atoms with Gasteiger partial charge in [-0.2, -0.15) is 0 Å². The van der Waals surface area contributed by atoms with Crippen molar-refractivity contribution in [1.29, 1.82) is 0 Å². The summed E-state index contributed by atoms with van der Waals surface area (Å²) < 4.78 is 48.4. The number of nitro groups is 1. The fourth-order valence-electron chi connectivity index (χ4n) is 1.10. The fraction of sp³-hybridized carbons (Fsp3) is 0.250. The second-order valence-corrected chi connectivity index (χ2v) is 4.99. The van der Waals surface area contributed by atoms with Gasteiger partial charge in [0.1, 0.15) is 5.69 Å². The minimum Gasteiger partial charge on any atom is -0.393 e. The average molecular weight is 281 g/mol. The number of hydrogen-bond donors (Lipinski definition) is 2. The van der Waals surface area contributed by atoms with Crippen LogP contribution < -0.4 is 10.5 Å². The Morgan fingerprint density at radius 2 is 2.06 bits per heavy atom. The van der Waals surface area contributed by atoms with Crippen LogP contribution in [0.15, 0.2) is 23.1 Å². The number of alkyl halides is 2. The van der Waals surface area contributed by atoms with Crippen molar-refractivity contribution in [1.82, 2.24) is 4.72 Å². The Kier molecular flexibility index (Phi) is 4.14. The van der Waals surface area contributed by atoms with Crippen LogP contribution in [0.1, 0.15) is 0 Å². The lowest BCUT2D eigenvalue weighted by Gasteiger charge is -2.06.